The minimum absolute atomic E-state index is 0.371. The summed E-state index contributed by atoms with van der Waals surface area (Å²) in [7, 11) is 0. The molecule has 0 aliphatic carbocycles. The highest BCUT2D eigenvalue weighted by molar-refractivity contribution is 5.76. The smallest absolute Gasteiger partial charge is 0.347 e. The molecule has 0 heterocycles. The second-order valence-electron chi connectivity index (χ2n) is 9.21. The lowest BCUT2D eigenvalue weighted by molar-refractivity contribution is -0.170. The molecule has 36 heavy (non-hydrogen) atoms. The number of ether oxygens (including phenoxy) is 3. The quantitative estimate of drug-likeness (QED) is 0.214. The highest BCUT2D eigenvalue weighted by atomic mass is 16.7. The van der Waals surface area contributed by atoms with Crippen LogP contribution in [-0.2, 0) is 27.4 Å². The zero-order chi connectivity index (χ0) is 26.2. The summed E-state index contributed by atoms with van der Waals surface area (Å²) in [5.41, 5.74) is 2.82. The van der Waals surface area contributed by atoms with Gasteiger partial charge in [0.1, 0.15) is 11.5 Å². The number of carbonyl (C=O) groups excluding carboxylic acids is 1. The number of rotatable bonds is 13. The molecule has 190 valence electrons. The van der Waals surface area contributed by atoms with Gasteiger partial charge in [-0.25, -0.2) is 4.79 Å². The van der Waals surface area contributed by atoms with Crippen LogP contribution in [0.4, 0.5) is 11.4 Å². The highest BCUT2D eigenvalue weighted by Gasteiger charge is 2.29. The third-order valence-electron chi connectivity index (χ3n) is 5.28. The van der Waals surface area contributed by atoms with E-state index in [4.69, 9.17) is 14.2 Å². The van der Waals surface area contributed by atoms with Gasteiger partial charge in [-0.3, -0.25) is 4.79 Å². The number of carboxylic acids is 1. The Bertz CT molecular complexity index is 1160. The van der Waals surface area contributed by atoms with Crippen LogP contribution in [0.5, 0.6) is 11.5 Å². The van der Waals surface area contributed by atoms with Gasteiger partial charge in [-0.05, 0) is 73.5 Å². The van der Waals surface area contributed by atoms with Gasteiger partial charge < -0.3 is 30.0 Å². The molecule has 3 N–H and O–H groups in total. The first-order valence-corrected chi connectivity index (χ1v) is 11.5. The number of benzene rings is 3. The first kappa shape index (κ1) is 26.4. The van der Waals surface area contributed by atoms with Crippen LogP contribution >= 0.6 is 0 Å². The monoisotopic (exact) mass is 492 g/mol. The second kappa shape index (κ2) is 11.5. The lowest BCUT2D eigenvalue weighted by Crippen LogP contribution is -2.37. The molecule has 3 aromatic carbocycles. The fraction of sp³-hybridized carbons (Fsp3) is 0.286. The molecule has 0 unspecified atom stereocenters. The average molecular weight is 493 g/mol. The van der Waals surface area contributed by atoms with Crippen LogP contribution in [0, 0.1) is 0 Å². The fourth-order valence-electron chi connectivity index (χ4n) is 3.30. The van der Waals surface area contributed by atoms with Crippen molar-refractivity contribution in [1.29, 1.82) is 0 Å². The van der Waals surface area contributed by atoms with Crippen LogP contribution in [0.15, 0.2) is 72.8 Å². The van der Waals surface area contributed by atoms with Gasteiger partial charge in [0.25, 0.3) is 6.47 Å². The maximum absolute atomic E-state index is 11.2. The third-order valence-corrected chi connectivity index (χ3v) is 5.28. The molecular formula is C28H32N2O6. The summed E-state index contributed by atoms with van der Waals surface area (Å²) in [5, 5.41) is 16.0. The number of carboxylic acid groups (broad SMARTS) is 1. The van der Waals surface area contributed by atoms with Gasteiger partial charge in [-0.1, -0.05) is 24.3 Å². The van der Waals surface area contributed by atoms with E-state index in [9.17, 15) is 14.7 Å². The molecule has 8 nitrogen and oxygen atoms in total. The Morgan fingerprint density at radius 1 is 0.806 bits per heavy atom. The molecule has 0 saturated carbocycles. The summed E-state index contributed by atoms with van der Waals surface area (Å²) < 4.78 is 16.1. The maximum Gasteiger partial charge on any atom is 0.347 e. The summed E-state index contributed by atoms with van der Waals surface area (Å²) in [5.74, 6) is -0.947. The largest absolute Gasteiger partial charge is 0.478 e. The zero-order valence-corrected chi connectivity index (χ0v) is 20.9. The topological polar surface area (TPSA) is 106 Å². The number of nitrogens with one attached hydrogen (secondary N) is 2. The van der Waals surface area contributed by atoms with E-state index in [1.807, 2.05) is 42.5 Å². The number of hydrogen-bond acceptors (Lipinski definition) is 7. The lowest BCUT2D eigenvalue weighted by Gasteiger charge is -2.24. The van der Waals surface area contributed by atoms with Crippen LogP contribution in [-0.4, -0.2) is 28.9 Å². The third kappa shape index (κ3) is 7.94. The predicted octanol–water partition coefficient (Wildman–Crippen LogP) is 5.44. The summed E-state index contributed by atoms with van der Waals surface area (Å²) in [6.07, 6.45) is 0. The molecule has 0 radical (unpaired) electrons. The normalized spacial score (nSPS) is 11.3. The van der Waals surface area contributed by atoms with Crippen LogP contribution in [0.1, 0.15) is 38.8 Å². The number of aliphatic carboxylic acids is 1. The zero-order valence-electron chi connectivity index (χ0n) is 20.9. The Morgan fingerprint density at radius 2 is 1.28 bits per heavy atom. The molecule has 0 amide bonds. The second-order valence-corrected chi connectivity index (χ2v) is 9.21. The van der Waals surface area contributed by atoms with Crippen LogP contribution < -0.4 is 20.1 Å². The highest BCUT2D eigenvalue weighted by Crippen LogP contribution is 2.23. The molecular weight excluding hydrogens is 460 g/mol. The summed E-state index contributed by atoms with van der Waals surface area (Å²) in [6.45, 7) is 8.03. The summed E-state index contributed by atoms with van der Waals surface area (Å²) >= 11 is 0. The van der Waals surface area contributed by atoms with Crippen molar-refractivity contribution in [3.8, 4) is 11.5 Å². The van der Waals surface area contributed by atoms with E-state index in [0.717, 1.165) is 22.5 Å². The van der Waals surface area contributed by atoms with E-state index in [1.165, 1.54) is 13.8 Å². The van der Waals surface area contributed by atoms with Crippen molar-refractivity contribution in [2.24, 2.45) is 0 Å². The van der Waals surface area contributed by atoms with Crippen molar-refractivity contribution in [2.75, 3.05) is 10.6 Å². The maximum atomic E-state index is 11.2. The Labute approximate surface area is 211 Å². The molecule has 0 atom stereocenters. The Kier molecular flexibility index (Phi) is 8.42. The molecule has 0 aliphatic heterocycles. The Hall–Kier alpha value is -4.20. The SMILES string of the molecule is CC(C)(OC=O)Oc1ccc(NCc2cccc(CNc3ccc(OC(C)(C)C(=O)O)cc3)c2)cc1. The van der Waals surface area contributed by atoms with Gasteiger partial charge in [-0.15, -0.1) is 0 Å². The first-order valence-electron chi connectivity index (χ1n) is 11.5. The number of carbonyl (C=O) groups is 2. The van der Waals surface area contributed by atoms with Gasteiger partial charge >= 0.3 is 5.97 Å². The van der Waals surface area contributed by atoms with Crippen molar-refractivity contribution in [3.05, 3.63) is 83.9 Å². The van der Waals surface area contributed by atoms with Gasteiger partial charge in [-0.2, -0.15) is 0 Å². The molecule has 3 aromatic rings. The summed E-state index contributed by atoms with van der Waals surface area (Å²) in [6, 6.07) is 22.9. The first-order chi connectivity index (χ1) is 17.1. The van der Waals surface area contributed by atoms with E-state index in [2.05, 4.69) is 28.8 Å². The van der Waals surface area contributed by atoms with Crippen molar-refractivity contribution in [3.63, 3.8) is 0 Å². The Balaban J connectivity index is 1.50. The van der Waals surface area contributed by atoms with E-state index in [-0.39, 0.29) is 0 Å². The van der Waals surface area contributed by atoms with E-state index in [1.54, 1.807) is 26.0 Å². The predicted molar refractivity (Wildman–Crippen MR) is 138 cm³/mol. The van der Waals surface area contributed by atoms with Gasteiger partial charge in [0, 0.05) is 38.3 Å². The van der Waals surface area contributed by atoms with Gasteiger partial charge in [0.05, 0.1) is 0 Å². The molecule has 0 aliphatic rings. The minimum atomic E-state index is -1.29. The average Bonchev–Trinajstić information content (AvgIpc) is 2.83. The summed E-state index contributed by atoms with van der Waals surface area (Å²) in [4.78, 5) is 21.8. The molecule has 0 fully saturated rings. The molecule has 0 aromatic heterocycles. The van der Waals surface area contributed by atoms with E-state index >= 15 is 0 Å². The fourth-order valence-corrected chi connectivity index (χ4v) is 3.30. The molecule has 0 saturated heterocycles. The minimum Gasteiger partial charge on any atom is -0.478 e. The number of hydrogen-bond donors (Lipinski definition) is 3. The molecule has 0 bridgehead atoms. The van der Waals surface area contributed by atoms with Crippen LogP contribution in [0.2, 0.25) is 0 Å². The molecule has 3 rings (SSSR count). The van der Waals surface area contributed by atoms with Gasteiger partial charge in [0.15, 0.2) is 5.60 Å². The van der Waals surface area contributed by atoms with E-state index in [0.29, 0.717) is 31.1 Å². The van der Waals surface area contributed by atoms with E-state index < -0.39 is 17.4 Å². The standard InChI is InChI=1S/C28H32N2O6/c1-27(2,26(32)33)35-24-12-8-22(9-13-24)29-17-20-6-5-7-21(16-20)18-30-23-10-14-25(15-11-23)36-28(3,4)34-19-31/h5-16,19,29-30H,17-18H2,1-4H3,(H,32,33). The van der Waals surface area contributed by atoms with Crippen LogP contribution in [0.25, 0.3) is 0 Å². The van der Waals surface area contributed by atoms with Crippen molar-refractivity contribution < 1.29 is 28.9 Å². The number of anilines is 2. The van der Waals surface area contributed by atoms with Crippen molar-refractivity contribution >= 4 is 23.8 Å². The van der Waals surface area contributed by atoms with Gasteiger partial charge in [0.2, 0.25) is 5.79 Å². The Morgan fingerprint density at radius 3 is 1.72 bits per heavy atom. The molecule has 8 heteroatoms. The molecule has 0 spiro atoms. The van der Waals surface area contributed by atoms with Crippen molar-refractivity contribution in [2.45, 2.75) is 52.2 Å². The van der Waals surface area contributed by atoms with Crippen LogP contribution in [0.3, 0.4) is 0 Å². The lowest BCUT2D eigenvalue weighted by atomic mass is 10.1. The van der Waals surface area contributed by atoms with Crippen molar-refractivity contribution in [1.82, 2.24) is 0 Å².